The Morgan fingerprint density at radius 2 is 1.69 bits per heavy atom. The lowest BCUT2D eigenvalue weighted by Gasteiger charge is -2.34. The fourth-order valence-corrected chi connectivity index (χ4v) is 6.11. The summed E-state index contributed by atoms with van der Waals surface area (Å²) in [5, 5.41) is 0. The van der Waals surface area contributed by atoms with E-state index < -0.39 is 0 Å². The van der Waals surface area contributed by atoms with Crippen molar-refractivity contribution in [3.05, 3.63) is 59.4 Å². The number of hydrogen-bond acceptors (Lipinski definition) is 5. The molecule has 3 aromatic rings. The number of amides is 1. The third kappa shape index (κ3) is 4.14. The number of hydrogen-bond donors (Lipinski definition) is 0. The molecule has 0 N–H and O–H groups in total. The Labute approximate surface area is 212 Å². The third-order valence-electron chi connectivity index (χ3n) is 8.14. The molecular weight excluding hydrogens is 454 g/mol. The van der Waals surface area contributed by atoms with Crippen LogP contribution in [0, 0.1) is 5.92 Å². The molecule has 2 heterocycles. The van der Waals surface area contributed by atoms with E-state index in [1.54, 1.807) is 4.90 Å². The summed E-state index contributed by atoms with van der Waals surface area (Å²) < 4.78 is 12.5. The van der Waals surface area contributed by atoms with Gasteiger partial charge in [0, 0.05) is 23.6 Å². The van der Waals surface area contributed by atoms with E-state index in [-0.39, 0.29) is 36.0 Å². The van der Waals surface area contributed by atoms with Crippen LogP contribution in [0.3, 0.4) is 0 Å². The maximum Gasteiger partial charge on any atom is 0.414 e. The second-order valence-corrected chi connectivity index (χ2v) is 10.2. The van der Waals surface area contributed by atoms with E-state index in [1.807, 2.05) is 6.07 Å². The van der Waals surface area contributed by atoms with Crippen molar-refractivity contribution in [3.8, 4) is 0 Å². The van der Waals surface area contributed by atoms with Crippen LogP contribution in [0.5, 0.6) is 0 Å². The molecule has 190 valence electrons. The zero-order chi connectivity index (χ0) is 25.4. The zero-order valence-corrected chi connectivity index (χ0v) is 21.6. The lowest BCUT2D eigenvalue weighted by molar-refractivity contribution is -0.146. The SMILES string of the molecule is COC(=O)N1c2ccc3c(nc(C(C)c4ccccc4)n3[C@H]3CC[C@H](C(=O)OC)CC3)c2CC[C@@H]1C. The summed E-state index contributed by atoms with van der Waals surface area (Å²) in [5.41, 5.74) is 5.30. The van der Waals surface area contributed by atoms with E-state index in [0.717, 1.165) is 66.6 Å². The molecule has 5 rings (SSSR count). The van der Waals surface area contributed by atoms with Crippen molar-refractivity contribution >= 4 is 28.8 Å². The molecule has 36 heavy (non-hydrogen) atoms. The van der Waals surface area contributed by atoms with Gasteiger partial charge in [-0.05, 0) is 63.1 Å². The molecule has 7 heteroatoms. The van der Waals surface area contributed by atoms with E-state index in [1.165, 1.54) is 19.8 Å². The Kier molecular flexibility index (Phi) is 6.73. The number of nitrogens with zero attached hydrogens (tertiary/aromatic N) is 3. The molecule has 1 aliphatic carbocycles. The van der Waals surface area contributed by atoms with E-state index in [2.05, 4.69) is 54.8 Å². The van der Waals surface area contributed by atoms with E-state index in [4.69, 9.17) is 14.5 Å². The van der Waals surface area contributed by atoms with Crippen LogP contribution in [0.4, 0.5) is 10.5 Å². The van der Waals surface area contributed by atoms with Gasteiger partial charge < -0.3 is 14.0 Å². The van der Waals surface area contributed by atoms with E-state index >= 15 is 0 Å². The van der Waals surface area contributed by atoms with Gasteiger partial charge in [0.25, 0.3) is 0 Å². The summed E-state index contributed by atoms with van der Waals surface area (Å²) in [6.45, 7) is 4.27. The molecule has 1 unspecified atom stereocenters. The minimum atomic E-state index is -0.332. The number of aromatic nitrogens is 2. The van der Waals surface area contributed by atoms with Crippen molar-refractivity contribution in [3.63, 3.8) is 0 Å². The Morgan fingerprint density at radius 1 is 0.972 bits per heavy atom. The topological polar surface area (TPSA) is 73.7 Å². The van der Waals surface area contributed by atoms with Crippen LogP contribution in [0.15, 0.2) is 42.5 Å². The molecule has 1 aromatic heterocycles. The number of carbonyl (C=O) groups is 2. The van der Waals surface area contributed by atoms with Gasteiger partial charge in [-0.1, -0.05) is 37.3 Å². The molecule has 2 aliphatic rings. The van der Waals surface area contributed by atoms with Crippen LogP contribution in [-0.4, -0.2) is 41.9 Å². The average Bonchev–Trinajstić information content (AvgIpc) is 3.32. The van der Waals surface area contributed by atoms with Gasteiger partial charge in [0.1, 0.15) is 5.82 Å². The summed E-state index contributed by atoms with van der Waals surface area (Å²) in [7, 11) is 2.90. The summed E-state index contributed by atoms with van der Waals surface area (Å²) >= 11 is 0. The number of carbonyl (C=O) groups excluding carboxylic acids is 2. The predicted octanol–water partition coefficient (Wildman–Crippen LogP) is 6.00. The normalized spacial score (nSPS) is 22.7. The van der Waals surface area contributed by atoms with Crippen LogP contribution in [0.25, 0.3) is 11.0 Å². The largest absolute Gasteiger partial charge is 0.469 e. The fourth-order valence-electron chi connectivity index (χ4n) is 6.11. The highest BCUT2D eigenvalue weighted by Crippen LogP contribution is 2.42. The summed E-state index contributed by atoms with van der Waals surface area (Å²) in [5.74, 6) is 1.01. The second-order valence-electron chi connectivity index (χ2n) is 10.2. The molecule has 0 spiro atoms. The monoisotopic (exact) mass is 489 g/mol. The van der Waals surface area contributed by atoms with Crippen molar-refractivity contribution in [1.29, 1.82) is 0 Å². The minimum absolute atomic E-state index is 0.0288. The molecule has 2 atom stereocenters. The Morgan fingerprint density at radius 3 is 2.36 bits per heavy atom. The van der Waals surface area contributed by atoms with Crippen molar-refractivity contribution in [2.45, 2.75) is 70.4 Å². The van der Waals surface area contributed by atoms with Crippen molar-refractivity contribution < 1.29 is 19.1 Å². The maximum atomic E-state index is 12.6. The van der Waals surface area contributed by atoms with Gasteiger partial charge in [-0.3, -0.25) is 9.69 Å². The number of imidazole rings is 1. The number of anilines is 1. The van der Waals surface area contributed by atoms with Gasteiger partial charge in [0.15, 0.2) is 0 Å². The lowest BCUT2D eigenvalue weighted by atomic mass is 9.85. The molecule has 0 radical (unpaired) electrons. The molecule has 1 fully saturated rings. The molecule has 1 aliphatic heterocycles. The van der Waals surface area contributed by atoms with E-state index in [9.17, 15) is 9.59 Å². The lowest BCUT2D eigenvalue weighted by Crippen LogP contribution is -2.42. The van der Waals surface area contributed by atoms with Crippen LogP contribution >= 0.6 is 0 Å². The first-order valence-electron chi connectivity index (χ1n) is 13.0. The van der Waals surface area contributed by atoms with Crippen LogP contribution in [0.2, 0.25) is 0 Å². The number of ether oxygens (including phenoxy) is 2. The molecule has 0 bridgehead atoms. The van der Waals surface area contributed by atoms with Gasteiger partial charge in [-0.15, -0.1) is 0 Å². The third-order valence-corrected chi connectivity index (χ3v) is 8.14. The van der Waals surface area contributed by atoms with Gasteiger partial charge in [0.2, 0.25) is 0 Å². The van der Waals surface area contributed by atoms with Crippen molar-refractivity contribution in [2.75, 3.05) is 19.1 Å². The number of aryl methyl sites for hydroxylation is 1. The highest BCUT2D eigenvalue weighted by molar-refractivity contribution is 5.95. The number of fused-ring (bicyclic) bond motifs is 3. The standard InChI is InChI=1S/C29H35N3O4/c1-18-10-15-23-24(31(18)29(34)36-4)16-17-25-26(23)30-27(19(2)20-8-6-5-7-9-20)32(25)22-13-11-21(12-14-22)28(33)35-3/h5-9,16-19,21-22H,10-15H2,1-4H3/t18-,19?,21-,22-/m0/s1. The summed E-state index contributed by atoms with van der Waals surface area (Å²) in [6.07, 6.45) is 4.84. The first-order chi connectivity index (χ1) is 17.4. The molecule has 1 amide bonds. The number of esters is 1. The highest BCUT2D eigenvalue weighted by atomic mass is 16.5. The number of benzene rings is 2. The minimum Gasteiger partial charge on any atom is -0.469 e. The van der Waals surface area contributed by atoms with Crippen LogP contribution in [-0.2, 0) is 20.7 Å². The predicted molar refractivity (Wildman–Crippen MR) is 139 cm³/mol. The summed E-state index contributed by atoms with van der Waals surface area (Å²) in [4.78, 5) is 31.8. The molecule has 0 saturated heterocycles. The smallest absolute Gasteiger partial charge is 0.414 e. The quantitative estimate of drug-likeness (QED) is 0.420. The highest BCUT2D eigenvalue weighted by Gasteiger charge is 2.34. The Bertz CT molecular complexity index is 1260. The second kappa shape index (κ2) is 9.96. The van der Waals surface area contributed by atoms with Crippen molar-refractivity contribution in [1.82, 2.24) is 9.55 Å². The number of methoxy groups -OCH3 is 2. The van der Waals surface area contributed by atoms with Gasteiger partial charge in [-0.2, -0.15) is 0 Å². The number of rotatable bonds is 4. The average molecular weight is 490 g/mol. The Balaban J connectivity index is 1.63. The first kappa shape index (κ1) is 24.3. The van der Waals surface area contributed by atoms with Gasteiger partial charge in [-0.25, -0.2) is 9.78 Å². The molecule has 1 saturated carbocycles. The van der Waals surface area contributed by atoms with Gasteiger partial charge >= 0.3 is 12.1 Å². The first-order valence-corrected chi connectivity index (χ1v) is 13.0. The Hall–Kier alpha value is -3.35. The van der Waals surface area contributed by atoms with E-state index in [0.29, 0.717) is 0 Å². The molecule has 2 aromatic carbocycles. The fraction of sp³-hybridized carbons (Fsp3) is 0.483. The maximum absolute atomic E-state index is 12.6. The van der Waals surface area contributed by atoms with Crippen LogP contribution < -0.4 is 4.90 Å². The van der Waals surface area contributed by atoms with Crippen LogP contribution in [0.1, 0.15) is 74.9 Å². The molecular formula is C29H35N3O4. The van der Waals surface area contributed by atoms with Gasteiger partial charge in [0.05, 0.1) is 36.9 Å². The zero-order valence-electron chi connectivity index (χ0n) is 21.6. The van der Waals surface area contributed by atoms with Crippen molar-refractivity contribution in [2.24, 2.45) is 5.92 Å². The molecule has 7 nitrogen and oxygen atoms in total. The summed E-state index contributed by atoms with van der Waals surface area (Å²) in [6, 6.07) is 15.0.